The average molecular weight is 510 g/mol. The van der Waals surface area contributed by atoms with Gasteiger partial charge in [-0.25, -0.2) is 0 Å². The van der Waals surface area contributed by atoms with Gasteiger partial charge in [-0.05, 0) is 59.7 Å². The molecule has 0 atom stereocenters. The van der Waals surface area contributed by atoms with E-state index in [1.807, 2.05) is 30.4 Å². The van der Waals surface area contributed by atoms with Crippen LogP contribution in [0, 0.1) is 0 Å². The van der Waals surface area contributed by atoms with E-state index in [9.17, 15) is 4.79 Å². The number of benzene rings is 3. The van der Waals surface area contributed by atoms with Gasteiger partial charge in [0, 0.05) is 18.2 Å². The highest BCUT2D eigenvalue weighted by atomic mass is 35.5. The Balaban J connectivity index is 1.83. The van der Waals surface area contributed by atoms with Gasteiger partial charge in [-0.2, -0.15) is 0 Å². The number of hydrogen-bond donors (Lipinski definition) is 0. The molecule has 0 aliphatic rings. The van der Waals surface area contributed by atoms with E-state index in [2.05, 4.69) is 4.99 Å². The Labute approximate surface area is 215 Å². The lowest BCUT2D eigenvalue weighted by Crippen LogP contribution is -1.99. The molecule has 36 heavy (non-hydrogen) atoms. The van der Waals surface area contributed by atoms with E-state index < -0.39 is 0 Å². The molecule has 0 heterocycles. The van der Waals surface area contributed by atoms with Gasteiger partial charge in [-0.15, -0.1) is 0 Å². The highest BCUT2D eigenvalue weighted by molar-refractivity contribution is 6.32. The SMILES string of the molecule is COc1ccc(C(=O)CC=Nc2cc(/C=C\c3cc(OC)c(OC)c(OC)c3)cc(Cl)c2OC)cc1. The summed E-state index contributed by atoms with van der Waals surface area (Å²) < 4.78 is 26.8. The van der Waals surface area contributed by atoms with E-state index in [0.29, 0.717) is 45.0 Å². The first-order valence-corrected chi connectivity index (χ1v) is 11.4. The fourth-order valence-electron chi connectivity index (χ4n) is 3.51. The minimum Gasteiger partial charge on any atom is -0.497 e. The Bertz CT molecular complexity index is 1240. The maximum atomic E-state index is 12.5. The monoisotopic (exact) mass is 509 g/mol. The number of ketones is 1. The third-order valence-electron chi connectivity index (χ3n) is 5.32. The number of carbonyl (C=O) groups excluding carboxylic acids is 1. The number of hydrogen-bond acceptors (Lipinski definition) is 7. The molecule has 3 aromatic carbocycles. The molecule has 0 unspecified atom stereocenters. The zero-order valence-electron chi connectivity index (χ0n) is 20.8. The molecule has 0 aliphatic carbocycles. The maximum absolute atomic E-state index is 12.5. The predicted octanol–water partition coefficient (Wildman–Crippen LogP) is 6.53. The Morgan fingerprint density at radius 1 is 0.778 bits per heavy atom. The van der Waals surface area contributed by atoms with Crippen LogP contribution < -0.4 is 23.7 Å². The van der Waals surface area contributed by atoms with Crippen LogP contribution in [0.1, 0.15) is 27.9 Å². The molecule has 0 radical (unpaired) electrons. The summed E-state index contributed by atoms with van der Waals surface area (Å²) >= 11 is 6.45. The molecule has 7 nitrogen and oxygen atoms in total. The minimum atomic E-state index is -0.0649. The van der Waals surface area contributed by atoms with Crippen LogP contribution in [-0.2, 0) is 0 Å². The third-order valence-corrected chi connectivity index (χ3v) is 5.61. The summed E-state index contributed by atoms with van der Waals surface area (Å²) in [4.78, 5) is 17.0. The van der Waals surface area contributed by atoms with Crippen molar-refractivity contribution in [1.29, 1.82) is 0 Å². The fraction of sp³-hybridized carbons (Fsp3) is 0.214. The highest BCUT2D eigenvalue weighted by Crippen LogP contribution is 2.39. The molecule has 0 saturated carbocycles. The van der Waals surface area contributed by atoms with Gasteiger partial charge in [0.05, 0.1) is 40.6 Å². The number of halogens is 1. The van der Waals surface area contributed by atoms with Crippen LogP contribution in [0.4, 0.5) is 5.69 Å². The van der Waals surface area contributed by atoms with Crippen molar-refractivity contribution >= 4 is 41.4 Å². The Kier molecular flexibility index (Phi) is 9.36. The van der Waals surface area contributed by atoms with Crippen LogP contribution >= 0.6 is 11.6 Å². The fourth-order valence-corrected chi connectivity index (χ4v) is 3.81. The molecule has 0 aromatic heterocycles. The Morgan fingerprint density at radius 2 is 1.36 bits per heavy atom. The number of rotatable bonds is 11. The number of aliphatic imine (C=N–C) groups is 1. The van der Waals surface area contributed by atoms with Gasteiger partial charge in [0.2, 0.25) is 5.75 Å². The molecule has 0 bridgehead atoms. The third kappa shape index (κ3) is 6.37. The zero-order valence-corrected chi connectivity index (χ0v) is 21.6. The molecule has 3 rings (SSSR count). The molecule has 0 amide bonds. The quantitative estimate of drug-likeness (QED) is 0.166. The number of carbonyl (C=O) groups is 1. The summed E-state index contributed by atoms with van der Waals surface area (Å²) in [5.41, 5.74) is 2.72. The van der Waals surface area contributed by atoms with Crippen LogP contribution in [0.25, 0.3) is 12.2 Å². The van der Waals surface area contributed by atoms with Gasteiger partial charge in [0.15, 0.2) is 23.0 Å². The molecule has 3 aromatic rings. The van der Waals surface area contributed by atoms with Crippen LogP contribution in [-0.4, -0.2) is 47.5 Å². The van der Waals surface area contributed by atoms with E-state index in [1.54, 1.807) is 65.0 Å². The van der Waals surface area contributed by atoms with Gasteiger partial charge in [0.1, 0.15) is 11.4 Å². The second-order valence-electron chi connectivity index (χ2n) is 7.51. The van der Waals surface area contributed by atoms with E-state index in [-0.39, 0.29) is 12.2 Å². The number of nitrogens with zero attached hydrogens (tertiary/aromatic N) is 1. The van der Waals surface area contributed by atoms with Crippen LogP contribution in [0.5, 0.6) is 28.7 Å². The van der Waals surface area contributed by atoms with Crippen molar-refractivity contribution in [2.75, 3.05) is 35.5 Å². The largest absolute Gasteiger partial charge is 0.497 e. The van der Waals surface area contributed by atoms with Crippen molar-refractivity contribution in [1.82, 2.24) is 0 Å². The first-order valence-electron chi connectivity index (χ1n) is 11.0. The second-order valence-corrected chi connectivity index (χ2v) is 7.92. The molecule has 188 valence electrons. The lowest BCUT2D eigenvalue weighted by Gasteiger charge is -2.13. The Morgan fingerprint density at radius 3 is 1.89 bits per heavy atom. The first kappa shape index (κ1) is 26.6. The molecular weight excluding hydrogens is 482 g/mol. The molecule has 0 saturated heterocycles. The van der Waals surface area contributed by atoms with E-state index in [4.69, 9.17) is 35.3 Å². The van der Waals surface area contributed by atoms with Crippen LogP contribution in [0.3, 0.4) is 0 Å². The molecule has 0 aliphatic heterocycles. The average Bonchev–Trinajstić information content (AvgIpc) is 2.91. The van der Waals surface area contributed by atoms with E-state index in [0.717, 1.165) is 11.1 Å². The molecule has 0 N–H and O–H groups in total. The summed E-state index contributed by atoms with van der Waals surface area (Å²) in [5, 5.41) is 0.401. The second kappa shape index (κ2) is 12.7. The van der Waals surface area contributed by atoms with Gasteiger partial charge in [0.25, 0.3) is 0 Å². The highest BCUT2D eigenvalue weighted by Gasteiger charge is 2.13. The van der Waals surface area contributed by atoms with E-state index >= 15 is 0 Å². The van der Waals surface area contributed by atoms with Crippen molar-refractivity contribution in [3.05, 3.63) is 70.2 Å². The van der Waals surface area contributed by atoms with Crippen molar-refractivity contribution in [3.8, 4) is 28.7 Å². The summed E-state index contributed by atoms with van der Waals surface area (Å²) in [6.45, 7) is 0. The van der Waals surface area contributed by atoms with Crippen molar-refractivity contribution < 1.29 is 28.5 Å². The minimum absolute atomic E-state index is 0.0649. The summed E-state index contributed by atoms with van der Waals surface area (Å²) in [6.07, 6.45) is 5.45. The number of methoxy groups -OCH3 is 5. The van der Waals surface area contributed by atoms with Gasteiger partial charge >= 0.3 is 0 Å². The molecular formula is C28H28ClNO6. The van der Waals surface area contributed by atoms with Crippen molar-refractivity contribution in [2.24, 2.45) is 4.99 Å². The lowest BCUT2D eigenvalue weighted by molar-refractivity contribution is 0.100. The van der Waals surface area contributed by atoms with Gasteiger partial charge in [-0.3, -0.25) is 9.79 Å². The summed E-state index contributed by atoms with van der Waals surface area (Å²) in [6, 6.07) is 14.2. The predicted molar refractivity (Wildman–Crippen MR) is 143 cm³/mol. The van der Waals surface area contributed by atoms with E-state index in [1.165, 1.54) is 7.11 Å². The van der Waals surface area contributed by atoms with Gasteiger partial charge < -0.3 is 23.7 Å². The maximum Gasteiger partial charge on any atom is 0.203 e. The van der Waals surface area contributed by atoms with Crippen LogP contribution in [0.2, 0.25) is 5.02 Å². The van der Waals surface area contributed by atoms with Gasteiger partial charge in [-0.1, -0.05) is 23.8 Å². The zero-order chi connectivity index (χ0) is 26.1. The van der Waals surface area contributed by atoms with Crippen LogP contribution in [0.15, 0.2) is 53.5 Å². The molecule has 0 fully saturated rings. The summed E-state index contributed by atoms with van der Waals surface area (Å²) in [7, 11) is 7.79. The topological polar surface area (TPSA) is 75.6 Å². The van der Waals surface area contributed by atoms with Crippen molar-refractivity contribution in [3.63, 3.8) is 0 Å². The lowest BCUT2D eigenvalue weighted by atomic mass is 10.1. The normalized spacial score (nSPS) is 11.1. The smallest absolute Gasteiger partial charge is 0.203 e. The Hall–Kier alpha value is -3.97. The van der Waals surface area contributed by atoms with Crippen molar-refractivity contribution in [2.45, 2.75) is 6.42 Å². The number of Topliss-reactive ketones (excluding diaryl/α,β-unsaturated/α-hetero) is 1. The molecule has 0 spiro atoms. The summed E-state index contributed by atoms with van der Waals surface area (Å²) in [5.74, 6) is 2.67. The standard InChI is InChI=1S/C28H28ClNO6/c1-32-21-10-8-20(9-11-21)24(31)12-13-30-23-15-18(14-22(29)27(23)35-4)6-7-19-16-25(33-2)28(36-5)26(17-19)34-3/h6-11,13-17H,12H2,1-5H3/b7-6-,30-13?. The number of ether oxygens (including phenoxy) is 5. The molecule has 8 heteroatoms. The first-order chi connectivity index (χ1) is 17.4.